The Balaban J connectivity index is 1.89. The minimum atomic E-state index is -0.452. The third kappa shape index (κ3) is 5.77. The van der Waals surface area contributed by atoms with Gasteiger partial charge in [-0.15, -0.1) is 11.3 Å². The largest absolute Gasteiger partial charge is 0.494 e. The van der Waals surface area contributed by atoms with Crippen LogP contribution in [0.5, 0.6) is 5.75 Å². The molecule has 2 heterocycles. The fourth-order valence-electron chi connectivity index (χ4n) is 3.67. The van der Waals surface area contributed by atoms with Crippen LogP contribution in [0.4, 0.5) is 5.00 Å². The number of hydrogen-bond donors (Lipinski definition) is 3. The second-order valence-electron chi connectivity index (χ2n) is 8.00. The topological polar surface area (TPSA) is 88.7 Å². The normalized spacial score (nSPS) is 15.4. The molecule has 3 N–H and O–H groups in total. The molecule has 0 fully saturated rings. The second-order valence-corrected chi connectivity index (χ2v) is 9.64. The lowest BCUT2D eigenvalue weighted by molar-refractivity contribution is -0.113. The predicted octanol–water partition coefficient (Wildman–Crippen LogP) is 5.15. The number of esters is 1. The van der Waals surface area contributed by atoms with Crippen molar-refractivity contribution >= 4 is 45.5 Å². The standard InChI is InChI=1S/C25H31N3O4S2/c1-6-8-13-32-18-11-9-17(10-12-18)21-20(15(4)26-25(33)27-21)22(29)28-23-19(24(30)31-7-2)14(3)16(5)34-23/h9-12,21H,6-8,13H2,1-5H3,(H,28,29)(H2,26,27,33)/t21-/m1/s1. The first-order valence-electron chi connectivity index (χ1n) is 11.4. The molecular weight excluding hydrogens is 470 g/mol. The summed E-state index contributed by atoms with van der Waals surface area (Å²) < 4.78 is 11.0. The van der Waals surface area contributed by atoms with Crippen LogP contribution in [0.25, 0.3) is 0 Å². The van der Waals surface area contributed by atoms with Gasteiger partial charge in [0, 0.05) is 10.6 Å². The minimum absolute atomic E-state index is 0.260. The van der Waals surface area contributed by atoms with E-state index in [1.54, 1.807) is 6.92 Å². The fraction of sp³-hybridized carbons (Fsp3) is 0.400. The molecule has 3 rings (SSSR count). The summed E-state index contributed by atoms with van der Waals surface area (Å²) in [5, 5.41) is 10.1. The predicted molar refractivity (Wildman–Crippen MR) is 140 cm³/mol. The molecule has 182 valence electrons. The molecule has 0 aliphatic carbocycles. The Hall–Kier alpha value is -2.91. The molecule has 0 saturated heterocycles. The molecule has 34 heavy (non-hydrogen) atoms. The molecule has 1 amide bonds. The molecule has 0 saturated carbocycles. The first-order chi connectivity index (χ1) is 16.3. The number of carbonyl (C=O) groups excluding carboxylic acids is 2. The van der Waals surface area contributed by atoms with Crippen molar-refractivity contribution in [2.75, 3.05) is 18.5 Å². The van der Waals surface area contributed by atoms with Gasteiger partial charge >= 0.3 is 5.97 Å². The van der Waals surface area contributed by atoms with Gasteiger partial charge in [-0.2, -0.15) is 0 Å². The zero-order valence-electron chi connectivity index (χ0n) is 20.2. The van der Waals surface area contributed by atoms with Gasteiger partial charge in [-0.25, -0.2) is 4.79 Å². The lowest BCUT2D eigenvalue weighted by Gasteiger charge is -2.30. The monoisotopic (exact) mass is 501 g/mol. The van der Waals surface area contributed by atoms with Crippen LogP contribution in [-0.4, -0.2) is 30.2 Å². The van der Waals surface area contributed by atoms with Crippen molar-refractivity contribution in [2.24, 2.45) is 0 Å². The number of allylic oxidation sites excluding steroid dienone is 1. The van der Waals surface area contributed by atoms with Crippen LogP contribution in [0.3, 0.4) is 0 Å². The molecular formula is C25H31N3O4S2. The number of rotatable bonds is 9. The number of benzene rings is 1. The number of aryl methyl sites for hydroxylation is 1. The molecule has 9 heteroatoms. The van der Waals surface area contributed by atoms with E-state index < -0.39 is 12.0 Å². The maximum atomic E-state index is 13.5. The van der Waals surface area contributed by atoms with Crippen LogP contribution in [0, 0.1) is 13.8 Å². The molecule has 0 bridgehead atoms. The van der Waals surface area contributed by atoms with Crippen LogP contribution in [0.15, 0.2) is 35.5 Å². The SMILES string of the molecule is CCCCOc1ccc([C@H]2NC(=S)NC(C)=C2C(=O)Nc2sc(C)c(C)c2C(=O)OCC)cc1. The van der Waals surface area contributed by atoms with Gasteiger partial charge < -0.3 is 25.4 Å². The van der Waals surface area contributed by atoms with Crippen LogP contribution in [0.1, 0.15) is 66.0 Å². The number of thiocarbonyl (C=S) groups is 1. The lowest BCUT2D eigenvalue weighted by Crippen LogP contribution is -2.45. The fourth-order valence-corrected chi connectivity index (χ4v) is 4.98. The Morgan fingerprint density at radius 3 is 2.50 bits per heavy atom. The average molecular weight is 502 g/mol. The summed E-state index contributed by atoms with van der Waals surface area (Å²) in [6.07, 6.45) is 2.06. The minimum Gasteiger partial charge on any atom is -0.494 e. The van der Waals surface area contributed by atoms with Crippen molar-refractivity contribution in [3.63, 3.8) is 0 Å². The quantitative estimate of drug-likeness (QED) is 0.249. The third-order valence-corrected chi connectivity index (χ3v) is 6.93. The number of anilines is 1. The van der Waals surface area contributed by atoms with E-state index in [1.807, 2.05) is 45.0 Å². The maximum Gasteiger partial charge on any atom is 0.341 e. The Labute approximate surface area is 209 Å². The number of amides is 1. The molecule has 1 aliphatic heterocycles. The van der Waals surface area contributed by atoms with E-state index in [9.17, 15) is 9.59 Å². The Morgan fingerprint density at radius 1 is 1.15 bits per heavy atom. The van der Waals surface area contributed by atoms with E-state index in [1.165, 1.54) is 11.3 Å². The number of nitrogens with one attached hydrogen (secondary N) is 3. The summed E-state index contributed by atoms with van der Waals surface area (Å²) >= 11 is 6.72. The summed E-state index contributed by atoms with van der Waals surface area (Å²) in [6, 6.07) is 7.20. The Kier molecular flexibility index (Phi) is 8.68. The Morgan fingerprint density at radius 2 is 1.85 bits per heavy atom. The van der Waals surface area contributed by atoms with Crippen molar-refractivity contribution in [3.05, 3.63) is 57.1 Å². The van der Waals surface area contributed by atoms with Crippen LogP contribution in [-0.2, 0) is 9.53 Å². The van der Waals surface area contributed by atoms with Gasteiger partial charge in [0.05, 0.1) is 30.4 Å². The summed E-state index contributed by atoms with van der Waals surface area (Å²) in [6.45, 7) is 10.4. The van der Waals surface area contributed by atoms with Gasteiger partial charge in [-0.3, -0.25) is 4.79 Å². The molecule has 1 aliphatic rings. The zero-order chi connectivity index (χ0) is 24.8. The molecule has 1 aromatic carbocycles. The smallest absolute Gasteiger partial charge is 0.341 e. The van der Waals surface area contributed by atoms with Crippen LogP contribution >= 0.6 is 23.6 Å². The van der Waals surface area contributed by atoms with E-state index in [2.05, 4.69) is 22.9 Å². The number of thiophene rings is 1. The third-order valence-electron chi connectivity index (χ3n) is 5.59. The van der Waals surface area contributed by atoms with E-state index in [0.717, 1.165) is 34.6 Å². The van der Waals surface area contributed by atoms with Crippen molar-refractivity contribution in [1.82, 2.24) is 10.6 Å². The van der Waals surface area contributed by atoms with Crippen molar-refractivity contribution < 1.29 is 19.1 Å². The molecule has 7 nitrogen and oxygen atoms in total. The summed E-state index contributed by atoms with van der Waals surface area (Å²) in [5.41, 5.74) is 3.22. The van der Waals surface area contributed by atoms with Crippen LogP contribution < -0.4 is 20.7 Å². The van der Waals surface area contributed by atoms with Crippen molar-refractivity contribution in [1.29, 1.82) is 0 Å². The molecule has 2 aromatic rings. The molecule has 0 spiro atoms. The van der Waals surface area contributed by atoms with Crippen LogP contribution in [0.2, 0.25) is 0 Å². The highest BCUT2D eigenvalue weighted by Gasteiger charge is 2.31. The summed E-state index contributed by atoms with van der Waals surface area (Å²) in [4.78, 5) is 27.0. The van der Waals surface area contributed by atoms with Crippen molar-refractivity contribution in [2.45, 2.75) is 53.5 Å². The van der Waals surface area contributed by atoms with Gasteiger partial charge in [0.1, 0.15) is 10.8 Å². The first kappa shape index (κ1) is 25.7. The molecule has 0 unspecified atom stereocenters. The second kappa shape index (κ2) is 11.5. The Bertz CT molecular complexity index is 1110. The first-order valence-corrected chi connectivity index (χ1v) is 12.6. The number of carbonyl (C=O) groups is 2. The summed E-state index contributed by atoms with van der Waals surface area (Å²) in [5.74, 6) is 0.0192. The van der Waals surface area contributed by atoms with Gasteiger partial charge in [0.25, 0.3) is 5.91 Å². The van der Waals surface area contributed by atoms with Crippen molar-refractivity contribution in [3.8, 4) is 5.75 Å². The molecule has 1 atom stereocenters. The highest BCUT2D eigenvalue weighted by molar-refractivity contribution is 7.80. The summed E-state index contributed by atoms with van der Waals surface area (Å²) in [7, 11) is 0. The van der Waals surface area contributed by atoms with Gasteiger partial charge in [-0.05, 0) is 69.6 Å². The lowest BCUT2D eigenvalue weighted by atomic mass is 9.95. The zero-order valence-corrected chi connectivity index (χ0v) is 21.8. The number of hydrogen-bond acceptors (Lipinski definition) is 6. The van der Waals surface area contributed by atoms with Gasteiger partial charge in [-0.1, -0.05) is 25.5 Å². The van der Waals surface area contributed by atoms with E-state index >= 15 is 0 Å². The average Bonchev–Trinajstić information content (AvgIpc) is 3.06. The van der Waals surface area contributed by atoms with Gasteiger partial charge in [0.2, 0.25) is 0 Å². The molecule has 0 radical (unpaired) electrons. The maximum absolute atomic E-state index is 13.5. The highest BCUT2D eigenvalue weighted by atomic mass is 32.1. The number of unbranched alkanes of at least 4 members (excludes halogenated alkanes) is 1. The number of ether oxygens (including phenoxy) is 2. The van der Waals surface area contributed by atoms with E-state index in [-0.39, 0.29) is 12.5 Å². The highest BCUT2D eigenvalue weighted by Crippen LogP contribution is 2.35. The van der Waals surface area contributed by atoms with Gasteiger partial charge in [0.15, 0.2) is 5.11 Å². The van der Waals surface area contributed by atoms with E-state index in [0.29, 0.717) is 33.6 Å². The molecule has 1 aromatic heterocycles. The van der Waals surface area contributed by atoms with E-state index in [4.69, 9.17) is 21.7 Å².